The van der Waals surface area contributed by atoms with Gasteiger partial charge >= 0.3 is 6.09 Å². The third kappa shape index (κ3) is 6.49. The van der Waals surface area contributed by atoms with Crippen LogP contribution in [0.1, 0.15) is 25.6 Å². The molecule has 1 aromatic heterocycles. The Labute approximate surface area is 147 Å². The molecule has 0 aromatic carbocycles. The van der Waals surface area contributed by atoms with Crippen molar-refractivity contribution in [2.45, 2.75) is 32.8 Å². The summed E-state index contributed by atoms with van der Waals surface area (Å²) in [4.78, 5) is 28.9. The molecule has 1 N–H and O–H groups in total. The number of ether oxygens (including phenoxy) is 1. The smallest absolute Gasteiger partial charge is 0.410 e. The first-order valence-corrected chi connectivity index (χ1v) is 9.21. The number of thiophene rings is 1. The van der Waals surface area contributed by atoms with Gasteiger partial charge in [-0.1, -0.05) is 6.07 Å². The van der Waals surface area contributed by atoms with Gasteiger partial charge in [0.25, 0.3) is 0 Å². The minimum atomic E-state index is -0.457. The van der Waals surface area contributed by atoms with Gasteiger partial charge in [0, 0.05) is 44.1 Å². The monoisotopic (exact) mass is 353 g/mol. The van der Waals surface area contributed by atoms with Crippen molar-refractivity contribution in [2.24, 2.45) is 0 Å². The number of carbonyl (C=O) groups excluding carboxylic acids is 2. The molecule has 6 nitrogen and oxygen atoms in total. The predicted molar refractivity (Wildman–Crippen MR) is 95.3 cm³/mol. The van der Waals surface area contributed by atoms with Gasteiger partial charge in [0.05, 0.1) is 6.42 Å². The zero-order chi connectivity index (χ0) is 17.6. The second kappa shape index (κ2) is 8.48. The fourth-order valence-electron chi connectivity index (χ4n) is 2.47. The minimum Gasteiger partial charge on any atom is -0.444 e. The van der Waals surface area contributed by atoms with Crippen LogP contribution in [0.15, 0.2) is 17.5 Å². The van der Waals surface area contributed by atoms with Crippen LogP contribution in [0.5, 0.6) is 0 Å². The number of nitrogens with zero attached hydrogens (tertiary/aromatic N) is 2. The van der Waals surface area contributed by atoms with Crippen molar-refractivity contribution < 1.29 is 14.3 Å². The Kier molecular flexibility index (Phi) is 6.62. The van der Waals surface area contributed by atoms with E-state index in [2.05, 4.69) is 10.2 Å². The number of rotatable bonds is 5. The number of hydrogen-bond donors (Lipinski definition) is 1. The average molecular weight is 353 g/mol. The molecule has 1 aliphatic rings. The Balaban J connectivity index is 1.61. The number of nitrogens with one attached hydrogen (secondary N) is 1. The van der Waals surface area contributed by atoms with E-state index in [0.717, 1.165) is 24.5 Å². The molecule has 2 heterocycles. The standard InChI is InChI=1S/C17H27N3O3S/c1-17(2,3)23-16(22)20-10-8-19(9-11-20)7-6-18-15(21)13-14-5-4-12-24-14/h4-5,12H,6-11,13H2,1-3H3,(H,18,21). The van der Waals surface area contributed by atoms with Crippen molar-refractivity contribution in [1.29, 1.82) is 0 Å². The SMILES string of the molecule is CC(C)(C)OC(=O)N1CCN(CCNC(=O)Cc2cccs2)CC1. The van der Waals surface area contributed by atoms with E-state index in [-0.39, 0.29) is 12.0 Å². The maximum atomic E-state index is 12.0. The molecule has 0 atom stereocenters. The van der Waals surface area contributed by atoms with Crippen molar-refractivity contribution in [3.05, 3.63) is 22.4 Å². The van der Waals surface area contributed by atoms with E-state index >= 15 is 0 Å². The first kappa shape index (κ1) is 18.7. The molecule has 1 aromatic rings. The molecule has 0 saturated carbocycles. The zero-order valence-corrected chi connectivity index (χ0v) is 15.5. The average Bonchev–Trinajstić information content (AvgIpc) is 2.99. The molecule has 24 heavy (non-hydrogen) atoms. The molecule has 1 saturated heterocycles. The highest BCUT2D eigenvalue weighted by molar-refractivity contribution is 7.10. The molecule has 0 unspecified atom stereocenters. The van der Waals surface area contributed by atoms with E-state index in [1.54, 1.807) is 16.2 Å². The summed E-state index contributed by atoms with van der Waals surface area (Å²) in [5.74, 6) is 0.0600. The predicted octanol–water partition coefficient (Wildman–Crippen LogP) is 1.96. The maximum absolute atomic E-state index is 12.0. The van der Waals surface area contributed by atoms with Crippen molar-refractivity contribution in [3.63, 3.8) is 0 Å². The van der Waals surface area contributed by atoms with Gasteiger partial charge in [-0.3, -0.25) is 9.69 Å². The van der Waals surface area contributed by atoms with E-state index in [0.29, 0.717) is 26.1 Å². The summed E-state index contributed by atoms with van der Waals surface area (Å²) in [5.41, 5.74) is -0.457. The third-order valence-corrected chi connectivity index (χ3v) is 4.57. The number of amides is 2. The second-order valence-corrected chi connectivity index (χ2v) is 7.95. The molecule has 1 fully saturated rings. The van der Waals surface area contributed by atoms with Crippen LogP contribution in [0.3, 0.4) is 0 Å². The van der Waals surface area contributed by atoms with Gasteiger partial charge in [0.15, 0.2) is 0 Å². The van der Waals surface area contributed by atoms with Gasteiger partial charge in [-0.2, -0.15) is 0 Å². The summed E-state index contributed by atoms with van der Waals surface area (Å²) in [6, 6.07) is 3.93. The molecule has 0 aliphatic carbocycles. The van der Waals surface area contributed by atoms with Crippen LogP contribution in [-0.2, 0) is 16.0 Å². The van der Waals surface area contributed by atoms with Gasteiger partial charge < -0.3 is 15.0 Å². The van der Waals surface area contributed by atoms with E-state index in [9.17, 15) is 9.59 Å². The van der Waals surface area contributed by atoms with Crippen molar-refractivity contribution in [3.8, 4) is 0 Å². The van der Waals surface area contributed by atoms with Crippen LogP contribution >= 0.6 is 11.3 Å². The van der Waals surface area contributed by atoms with E-state index in [1.165, 1.54) is 0 Å². The lowest BCUT2D eigenvalue weighted by Gasteiger charge is -2.35. The van der Waals surface area contributed by atoms with Crippen LogP contribution < -0.4 is 5.32 Å². The number of hydrogen-bond acceptors (Lipinski definition) is 5. The van der Waals surface area contributed by atoms with Gasteiger partial charge in [-0.15, -0.1) is 11.3 Å². The summed E-state index contributed by atoms with van der Waals surface area (Å²) in [7, 11) is 0. The summed E-state index contributed by atoms with van der Waals surface area (Å²) >= 11 is 1.60. The molecule has 134 valence electrons. The maximum Gasteiger partial charge on any atom is 0.410 e. The molecule has 0 spiro atoms. The van der Waals surface area contributed by atoms with Crippen LogP contribution in [0.4, 0.5) is 4.79 Å². The fraction of sp³-hybridized carbons (Fsp3) is 0.647. The summed E-state index contributed by atoms with van der Waals surface area (Å²) in [6.07, 6.45) is 0.204. The minimum absolute atomic E-state index is 0.0600. The summed E-state index contributed by atoms with van der Waals surface area (Å²) < 4.78 is 5.39. The number of piperazine rings is 1. The highest BCUT2D eigenvalue weighted by Gasteiger charge is 2.25. The van der Waals surface area contributed by atoms with Crippen molar-refractivity contribution in [1.82, 2.24) is 15.1 Å². The lowest BCUT2D eigenvalue weighted by molar-refractivity contribution is -0.120. The molecule has 2 amide bonds. The lowest BCUT2D eigenvalue weighted by Crippen LogP contribution is -2.51. The molecular weight excluding hydrogens is 326 g/mol. The Morgan fingerprint density at radius 3 is 2.54 bits per heavy atom. The van der Waals surface area contributed by atoms with Crippen LogP contribution in [0.25, 0.3) is 0 Å². The van der Waals surface area contributed by atoms with Gasteiger partial charge in [-0.25, -0.2) is 4.79 Å². The van der Waals surface area contributed by atoms with Gasteiger partial charge in [0.2, 0.25) is 5.91 Å². The summed E-state index contributed by atoms with van der Waals surface area (Å²) in [6.45, 7) is 10.0. The highest BCUT2D eigenvalue weighted by atomic mass is 32.1. The normalized spacial score (nSPS) is 16.0. The molecule has 0 radical (unpaired) electrons. The molecule has 1 aliphatic heterocycles. The number of carbonyl (C=O) groups is 2. The fourth-order valence-corrected chi connectivity index (χ4v) is 3.17. The Morgan fingerprint density at radius 1 is 1.25 bits per heavy atom. The molecular formula is C17H27N3O3S. The van der Waals surface area contributed by atoms with Crippen LogP contribution in [0, 0.1) is 0 Å². The first-order valence-electron chi connectivity index (χ1n) is 8.33. The zero-order valence-electron chi connectivity index (χ0n) is 14.7. The van der Waals surface area contributed by atoms with Crippen LogP contribution in [-0.4, -0.2) is 66.7 Å². The van der Waals surface area contributed by atoms with Crippen LogP contribution in [0.2, 0.25) is 0 Å². The third-order valence-electron chi connectivity index (χ3n) is 3.69. The van der Waals surface area contributed by atoms with Crippen molar-refractivity contribution in [2.75, 3.05) is 39.3 Å². The summed E-state index contributed by atoms with van der Waals surface area (Å²) in [5, 5.41) is 4.93. The second-order valence-electron chi connectivity index (χ2n) is 6.92. The Bertz CT molecular complexity index is 532. The van der Waals surface area contributed by atoms with Gasteiger partial charge in [0.1, 0.15) is 5.60 Å². The highest BCUT2D eigenvalue weighted by Crippen LogP contribution is 2.12. The topological polar surface area (TPSA) is 61.9 Å². The Morgan fingerprint density at radius 2 is 1.96 bits per heavy atom. The van der Waals surface area contributed by atoms with E-state index in [1.807, 2.05) is 38.3 Å². The largest absolute Gasteiger partial charge is 0.444 e. The Hall–Kier alpha value is -1.60. The quantitative estimate of drug-likeness (QED) is 0.879. The molecule has 7 heteroatoms. The molecule has 2 rings (SSSR count). The lowest BCUT2D eigenvalue weighted by atomic mass is 10.2. The van der Waals surface area contributed by atoms with Gasteiger partial charge in [-0.05, 0) is 32.2 Å². The first-order chi connectivity index (χ1) is 11.3. The van der Waals surface area contributed by atoms with E-state index < -0.39 is 5.60 Å². The molecule has 0 bridgehead atoms. The van der Waals surface area contributed by atoms with E-state index in [4.69, 9.17) is 4.74 Å². The van der Waals surface area contributed by atoms with Crippen molar-refractivity contribution >= 4 is 23.3 Å².